The topological polar surface area (TPSA) is 125 Å². The van der Waals surface area contributed by atoms with Gasteiger partial charge in [0.05, 0.1) is 30.1 Å². The summed E-state index contributed by atoms with van der Waals surface area (Å²) in [6.07, 6.45) is 1.54. The molecule has 2 amide bonds. The lowest BCUT2D eigenvalue weighted by Gasteiger charge is -2.12. The molecular formula is C22H20N2O8S. The van der Waals surface area contributed by atoms with Crippen molar-refractivity contribution in [1.82, 2.24) is 4.90 Å². The van der Waals surface area contributed by atoms with E-state index in [-0.39, 0.29) is 36.1 Å². The van der Waals surface area contributed by atoms with Crippen molar-refractivity contribution in [3.63, 3.8) is 0 Å². The van der Waals surface area contributed by atoms with E-state index < -0.39 is 22.0 Å². The van der Waals surface area contributed by atoms with Crippen molar-refractivity contribution < 1.29 is 33.5 Å². The van der Waals surface area contributed by atoms with E-state index in [0.29, 0.717) is 16.9 Å². The maximum atomic E-state index is 12.8. The lowest BCUT2D eigenvalue weighted by atomic mass is 10.1. The van der Waals surface area contributed by atoms with Crippen LogP contribution in [0.5, 0.6) is 11.5 Å². The lowest BCUT2D eigenvalue weighted by Crippen LogP contribution is -2.27. The molecule has 0 unspecified atom stereocenters. The highest BCUT2D eigenvalue weighted by atomic mass is 32.2. The van der Waals surface area contributed by atoms with Gasteiger partial charge in [-0.15, -0.1) is 0 Å². The van der Waals surface area contributed by atoms with Crippen LogP contribution in [-0.4, -0.2) is 47.3 Å². The Morgan fingerprint density at radius 3 is 2.52 bits per heavy atom. The fraction of sp³-hybridized carbons (Fsp3) is 0.227. The van der Waals surface area contributed by atoms with Gasteiger partial charge in [0.2, 0.25) is 0 Å². The lowest BCUT2D eigenvalue weighted by molar-refractivity contribution is -0.384. The highest BCUT2D eigenvalue weighted by molar-refractivity contribution is 8.18. The second kappa shape index (κ2) is 10.6. The summed E-state index contributed by atoms with van der Waals surface area (Å²) in [5, 5.41) is 10.3. The Hall–Kier alpha value is -3.86. The molecule has 0 atom stereocenters. The number of thioether (sulfide) groups is 1. The summed E-state index contributed by atoms with van der Waals surface area (Å²) in [7, 11) is 1.45. The fourth-order valence-electron chi connectivity index (χ4n) is 2.93. The van der Waals surface area contributed by atoms with Gasteiger partial charge in [-0.3, -0.25) is 24.6 Å². The number of hydrogen-bond donors (Lipinski definition) is 0. The molecule has 0 spiro atoms. The van der Waals surface area contributed by atoms with Crippen LogP contribution in [0.4, 0.5) is 10.5 Å². The molecule has 0 radical (unpaired) electrons. The fourth-order valence-corrected chi connectivity index (χ4v) is 3.77. The maximum absolute atomic E-state index is 12.8. The zero-order valence-corrected chi connectivity index (χ0v) is 18.6. The van der Waals surface area contributed by atoms with E-state index in [1.165, 1.54) is 37.5 Å². The number of esters is 1. The van der Waals surface area contributed by atoms with E-state index in [2.05, 4.69) is 0 Å². The number of benzene rings is 2. The molecule has 2 aromatic carbocycles. The van der Waals surface area contributed by atoms with Crippen LogP contribution in [0, 0.1) is 10.1 Å². The van der Waals surface area contributed by atoms with E-state index in [1.807, 2.05) is 0 Å². The SMILES string of the molecule is CCOC(=O)COc1cc(/C=C2\SC(=O)N(Cc3ccc([N+](=O)[O-])cc3)C2=O)ccc1OC. The number of amides is 2. The van der Waals surface area contributed by atoms with E-state index in [4.69, 9.17) is 14.2 Å². The first-order valence-corrected chi connectivity index (χ1v) is 10.6. The summed E-state index contributed by atoms with van der Waals surface area (Å²) in [6, 6.07) is 10.5. The molecule has 10 nitrogen and oxygen atoms in total. The predicted molar refractivity (Wildman–Crippen MR) is 120 cm³/mol. The Balaban J connectivity index is 1.75. The highest BCUT2D eigenvalue weighted by Gasteiger charge is 2.35. The summed E-state index contributed by atoms with van der Waals surface area (Å²) in [5.74, 6) is -0.336. The minimum absolute atomic E-state index is 0.00346. The standard InChI is InChI=1S/C22H20N2O8S/c1-3-31-20(25)13-32-18-10-15(6-9-17(18)30-2)11-19-21(26)23(22(27)33-19)12-14-4-7-16(8-5-14)24(28)29/h4-11H,3,12-13H2,1-2H3/b19-11-. The van der Waals surface area contributed by atoms with Crippen molar-refractivity contribution in [3.05, 3.63) is 68.6 Å². The molecule has 1 aliphatic heterocycles. The van der Waals surface area contributed by atoms with Crippen LogP contribution in [0.1, 0.15) is 18.1 Å². The zero-order valence-electron chi connectivity index (χ0n) is 17.8. The number of nitro groups is 1. The van der Waals surface area contributed by atoms with Gasteiger partial charge < -0.3 is 14.2 Å². The molecule has 3 rings (SSSR count). The summed E-state index contributed by atoms with van der Waals surface area (Å²) in [4.78, 5) is 48.3. The number of non-ortho nitro benzene ring substituents is 1. The van der Waals surface area contributed by atoms with Gasteiger partial charge in [-0.05, 0) is 48.0 Å². The summed E-state index contributed by atoms with van der Waals surface area (Å²) in [5.41, 5.74) is 1.08. The molecule has 0 bridgehead atoms. The first-order valence-electron chi connectivity index (χ1n) is 9.77. The van der Waals surface area contributed by atoms with Crippen molar-refractivity contribution in [2.75, 3.05) is 20.3 Å². The van der Waals surface area contributed by atoms with Crippen molar-refractivity contribution in [2.45, 2.75) is 13.5 Å². The maximum Gasteiger partial charge on any atom is 0.344 e. The van der Waals surface area contributed by atoms with Crippen LogP contribution in [0.15, 0.2) is 47.4 Å². The monoisotopic (exact) mass is 472 g/mol. The van der Waals surface area contributed by atoms with Gasteiger partial charge in [0.25, 0.3) is 16.8 Å². The normalized spacial score (nSPS) is 14.5. The Morgan fingerprint density at radius 1 is 1.15 bits per heavy atom. The molecule has 172 valence electrons. The third-order valence-corrected chi connectivity index (χ3v) is 5.41. The largest absolute Gasteiger partial charge is 0.493 e. The summed E-state index contributed by atoms with van der Waals surface area (Å²) < 4.78 is 15.5. The highest BCUT2D eigenvalue weighted by Crippen LogP contribution is 2.35. The number of imide groups is 1. The molecule has 0 aliphatic carbocycles. The summed E-state index contributed by atoms with van der Waals surface area (Å²) >= 11 is 0.789. The van der Waals surface area contributed by atoms with Gasteiger partial charge in [-0.25, -0.2) is 4.79 Å². The van der Waals surface area contributed by atoms with Crippen molar-refractivity contribution in [3.8, 4) is 11.5 Å². The second-order valence-electron chi connectivity index (χ2n) is 6.70. The van der Waals surface area contributed by atoms with Gasteiger partial charge in [0.15, 0.2) is 18.1 Å². The van der Waals surface area contributed by atoms with Crippen LogP contribution in [0.2, 0.25) is 0 Å². The molecule has 1 saturated heterocycles. The molecule has 1 fully saturated rings. The number of nitrogens with zero attached hydrogens (tertiary/aromatic N) is 2. The van der Waals surface area contributed by atoms with Crippen LogP contribution < -0.4 is 9.47 Å². The number of carbonyl (C=O) groups excluding carboxylic acids is 3. The first-order chi connectivity index (χ1) is 15.8. The van der Waals surface area contributed by atoms with E-state index in [9.17, 15) is 24.5 Å². The third kappa shape index (κ3) is 5.89. The molecule has 1 aliphatic rings. The van der Waals surface area contributed by atoms with Crippen LogP contribution in [-0.2, 0) is 20.9 Å². The Morgan fingerprint density at radius 2 is 1.88 bits per heavy atom. The Labute approximate surface area is 193 Å². The zero-order chi connectivity index (χ0) is 24.0. The molecular weight excluding hydrogens is 452 g/mol. The number of nitro benzene ring substituents is 1. The average molecular weight is 472 g/mol. The van der Waals surface area contributed by atoms with E-state index in [0.717, 1.165) is 16.7 Å². The molecule has 2 aromatic rings. The van der Waals surface area contributed by atoms with Crippen LogP contribution >= 0.6 is 11.8 Å². The van der Waals surface area contributed by atoms with Gasteiger partial charge in [-0.2, -0.15) is 0 Å². The summed E-state index contributed by atoms with van der Waals surface area (Å²) in [6.45, 7) is 1.61. The van der Waals surface area contributed by atoms with Gasteiger partial charge in [-0.1, -0.05) is 18.2 Å². The second-order valence-corrected chi connectivity index (χ2v) is 7.69. The van der Waals surface area contributed by atoms with Crippen LogP contribution in [0.25, 0.3) is 6.08 Å². The number of methoxy groups -OCH3 is 1. The van der Waals surface area contributed by atoms with Crippen molar-refractivity contribution in [1.29, 1.82) is 0 Å². The smallest absolute Gasteiger partial charge is 0.344 e. The number of hydrogen-bond acceptors (Lipinski definition) is 9. The minimum atomic E-state index is -0.530. The Bertz CT molecular complexity index is 1110. The first kappa shape index (κ1) is 23.8. The number of ether oxygens (including phenoxy) is 3. The van der Waals surface area contributed by atoms with Crippen molar-refractivity contribution in [2.24, 2.45) is 0 Å². The number of carbonyl (C=O) groups is 3. The van der Waals surface area contributed by atoms with Gasteiger partial charge in [0.1, 0.15) is 0 Å². The predicted octanol–water partition coefficient (Wildman–Crippen LogP) is 3.78. The molecule has 1 heterocycles. The Kier molecular flexibility index (Phi) is 7.67. The van der Waals surface area contributed by atoms with Crippen molar-refractivity contribution >= 4 is 40.6 Å². The third-order valence-electron chi connectivity index (χ3n) is 4.50. The van der Waals surface area contributed by atoms with Gasteiger partial charge in [0, 0.05) is 12.1 Å². The van der Waals surface area contributed by atoms with Gasteiger partial charge >= 0.3 is 5.97 Å². The minimum Gasteiger partial charge on any atom is -0.493 e. The quantitative estimate of drug-likeness (QED) is 0.232. The molecule has 0 N–H and O–H groups in total. The van der Waals surface area contributed by atoms with Crippen LogP contribution in [0.3, 0.4) is 0 Å². The molecule has 33 heavy (non-hydrogen) atoms. The molecule has 11 heteroatoms. The molecule has 0 aromatic heterocycles. The number of rotatable bonds is 9. The van der Waals surface area contributed by atoms with E-state index >= 15 is 0 Å². The van der Waals surface area contributed by atoms with E-state index in [1.54, 1.807) is 25.1 Å². The average Bonchev–Trinajstić information content (AvgIpc) is 3.05. The molecule has 0 saturated carbocycles.